The Balaban J connectivity index is 1.96. The topological polar surface area (TPSA) is 21.3 Å². The predicted octanol–water partition coefficient (Wildman–Crippen LogP) is 4.52. The molecule has 0 spiro atoms. The van der Waals surface area contributed by atoms with Crippen molar-refractivity contribution < 1.29 is 13.5 Å². The van der Waals surface area contributed by atoms with Crippen LogP contribution >= 0.6 is 0 Å². The van der Waals surface area contributed by atoms with Crippen LogP contribution in [0.15, 0.2) is 24.3 Å². The van der Waals surface area contributed by atoms with E-state index in [2.05, 4.69) is 23.9 Å². The minimum atomic E-state index is -2.77. The molecule has 3 atom stereocenters. The first-order valence-electron chi connectivity index (χ1n) is 7.35. The Morgan fingerprint density at radius 3 is 2.80 bits per heavy atom. The lowest BCUT2D eigenvalue weighted by Gasteiger charge is -2.30. The van der Waals surface area contributed by atoms with Gasteiger partial charge in [-0.2, -0.15) is 8.78 Å². The Kier molecular flexibility index (Phi) is 5.35. The molecule has 1 aromatic carbocycles. The molecule has 0 saturated heterocycles. The fourth-order valence-corrected chi connectivity index (χ4v) is 3.00. The Labute approximate surface area is 119 Å². The predicted molar refractivity (Wildman–Crippen MR) is 76.0 cm³/mol. The van der Waals surface area contributed by atoms with Crippen LogP contribution in [0.4, 0.5) is 8.78 Å². The van der Waals surface area contributed by atoms with E-state index in [4.69, 9.17) is 0 Å². The average Bonchev–Trinajstić information content (AvgIpc) is 2.38. The highest BCUT2D eigenvalue weighted by Crippen LogP contribution is 2.27. The number of nitrogens with one attached hydrogen (secondary N) is 1. The molecule has 0 bridgehead atoms. The number of rotatable bonds is 5. The van der Waals surface area contributed by atoms with Gasteiger partial charge in [0.15, 0.2) is 0 Å². The summed E-state index contributed by atoms with van der Waals surface area (Å²) in [6, 6.07) is 7.62. The van der Waals surface area contributed by atoms with Crippen molar-refractivity contribution in [1.82, 2.24) is 5.32 Å². The third kappa shape index (κ3) is 4.44. The number of hydrogen-bond acceptors (Lipinski definition) is 2. The monoisotopic (exact) mass is 283 g/mol. The summed E-state index contributed by atoms with van der Waals surface area (Å²) in [5.74, 6) is 0.991. The first-order valence-corrected chi connectivity index (χ1v) is 7.35. The van der Waals surface area contributed by atoms with Gasteiger partial charge < -0.3 is 10.1 Å². The molecule has 2 nitrogen and oxygen atoms in total. The summed E-state index contributed by atoms with van der Waals surface area (Å²) < 4.78 is 28.9. The van der Waals surface area contributed by atoms with Crippen LogP contribution in [-0.4, -0.2) is 12.7 Å². The van der Waals surface area contributed by atoms with E-state index in [0.29, 0.717) is 6.04 Å². The van der Waals surface area contributed by atoms with E-state index in [-0.39, 0.29) is 11.8 Å². The van der Waals surface area contributed by atoms with Crippen LogP contribution in [0.3, 0.4) is 0 Å². The van der Waals surface area contributed by atoms with E-state index >= 15 is 0 Å². The highest BCUT2D eigenvalue weighted by molar-refractivity contribution is 5.30. The van der Waals surface area contributed by atoms with Gasteiger partial charge in [-0.3, -0.25) is 0 Å². The molecule has 1 saturated carbocycles. The Bertz CT molecular complexity index is 425. The number of halogens is 2. The molecule has 1 aromatic rings. The van der Waals surface area contributed by atoms with Gasteiger partial charge in [0.25, 0.3) is 0 Å². The molecule has 3 unspecified atom stereocenters. The first-order chi connectivity index (χ1) is 9.54. The van der Waals surface area contributed by atoms with Crippen LogP contribution in [0.5, 0.6) is 5.75 Å². The average molecular weight is 283 g/mol. The Hall–Kier alpha value is -1.16. The highest BCUT2D eigenvalue weighted by Gasteiger charge is 2.20. The Morgan fingerprint density at radius 2 is 2.10 bits per heavy atom. The lowest BCUT2D eigenvalue weighted by atomic mass is 9.86. The zero-order valence-electron chi connectivity index (χ0n) is 12.1. The molecular weight excluding hydrogens is 260 g/mol. The zero-order valence-corrected chi connectivity index (χ0v) is 12.1. The van der Waals surface area contributed by atoms with E-state index < -0.39 is 6.61 Å². The van der Waals surface area contributed by atoms with E-state index in [9.17, 15) is 8.78 Å². The molecule has 0 amide bonds. The molecule has 0 radical (unpaired) electrons. The number of ether oxygens (including phenoxy) is 1. The molecule has 1 aliphatic carbocycles. The molecule has 0 heterocycles. The SMILES string of the molecule is CC1CCCC(NC(C)c2cccc(OC(F)F)c2)C1. The van der Waals surface area contributed by atoms with Gasteiger partial charge in [-0.15, -0.1) is 0 Å². The zero-order chi connectivity index (χ0) is 14.5. The lowest BCUT2D eigenvalue weighted by molar-refractivity contribution is -0.0499. The smallest absolute Gasteiger partial charge is 0.387 e. The van der Waals surface area contributed by atoms with Crippen LogP contribution in [0.1, 0.15) is 51.1 Å². The largest absolute Gasteiger partial charge is 0.435 e. The van der Waals surface area contributed by atoms with Gasteiger partial charge in [0.1, 0.15) is 5.75 Å². The molecule has 0 aromatic heterocycles. The highest BCUT2D eigenvalue weighted by atomic mass is 19.3. The van der Waals surface area contributed by atoms with Crippen LogP contribution in [0.2, 0.25) is 0 Å². The summed E-state index contributed by atoms with van der Waals surface area (Å²) in [6.07, 6.45) is 4.96. The minimum Gasteiger partial charge on any atom is -0.435 e. The first kappa shape index (κ1) is 15.2. The standard InChI is InChI=1S/C16H23F2NO/c1-11-5-3-7-14(9-11)19-12(2)13-6-4-8-15(10-13)20-16(17)18/h4,6,8,10-12,14,16,19H,3,5,7,9H2,1-2H3. The van der Waals surface area contributed by atoms with Crippen LogP contribution in [0, 0.1) is 5.92 Å². The summed E-state index contributed by atoms with van der Waals surface area (Å²) in [4.78, 5) is 0. The molecule has 20 heavy (non-hydrogen) atoms. The molecule has 4 heteroatoms. The minimum absolute atomic E-state index is 0.145. The van der Waals surface area contributed by atoms with Crippen LogP contribution in [-0.2, 0) is 0 Å². The van der Waals surface area contributed by atoms with Crippen molar-refractivity contribution in [2.24, 2.45) is 5.92 Å². The molecule has 1 fully saturated rings. The van der Waals surface area contributed by atoms with E-state index in [1.54, 1.807) is 18.2 Å². The number of benzene rings is 1. The summed E-state index contributed by atoms with van der Waals surface area (Å²) in [5, 5.41) is 3.60. The van der Waals surface area contributed by atoms with Crippen molar-refractivity contribution in [3.05, 3.63) is 29.8 Å². The van der Waals surface area contributed by atoms with Gasteiger partial charge in [-0.25, -0.2) is 0 Å². The van der Waals surface area contributed by atoms with E-state index in [1.807, 2.05) is 6.07 Å². The number of alkyl halides is 2. The van der Waals surface area contributed by atoms with Gasteiger partial charge in [-0.05, 0) is 43.4 Å². The third-order valence-electron chi connectivity index (χ3n) is 4.01. The number of hydrogen-bond donors (Lipinski definition) is 1. The van der Waals surface area contributed by atoms with E-state index in [0.717, 1.165) is 11.5 Å². The maximum absolute atomic E-state index is 12.2. The Morgan fingerprint density at radius 1 is 1.30 bits per heavy atom. The third-order valence-corrected chi connectivity index (χ3v) is 4.01. The second-order valence-corrected chi connectivity index (χ2v) is 5.81. The molecular formula is C16H23F2NO. The fraction of sp³-hybridized carbons (Fsp3) is 0.625. The normalized spacial score (nSPS) is 24.6. The lowest BCUT2D eigenvalue weighted by Crippen LogP contribution is -2.35. The second-order valence-electron chi connectivity index (χ2n) is 5.81. The molecule has 1 N–H and O–H groups in total. The maximum atomic E-state index is 12.2. The van der Waals surface area contributed by atoms with Crippen molar-refractivity contribution in [2.75, 3.05) is 0 Å². The van der Waals surface area contributed by atoms with Crippen molar-refractivity contribution in [2.45, 2.75) is 58.2 Å². The van der Waals surface area contributed by atoms with Gasteiger partial charge in [0, 0.05) is 12.1 Å². The molecule has 0 aliphatic heterocycles. The van der Waals surface area contributed by atoms with Crippen molar-refractivity contribution in [3.8, 4) is 5.75 Å². The molecule has 1 aliphatic rings. The summed E-state index contributed by atoms with van der Waals surface area (Å²) in [7, 11) is 0. The van der Waals surface area contributed by atoms with Crippen LogP contribution < -0.4 is 10.1 Å². The fourth-order valence-electron chi connectivity index (χ4n) is 3.00. The van der Waals surface area contributed by atoms with Crippen molar-refractivity contribution >= 4 is 0 Å². The molecule has 112 valence electrons. The van der Waals surface area contributed by atoms with Gasteiger partial charge in [-0.1, -0.05) is 31.9 Å². The van der Waals surface area contributed by atoms with Gasteiger partial charge in [0.05, 0.1) is 0 Å². The quantitative estimate of drug-likeness (QED) is 0.858. The van der Waals surface area contributed by atoms with Gasteiger partial charge >= 0.3 is 6.61 Å². The van der Waals surface area contributed by atoms with Crippen molar-refractivity contribution in [1.29, 1.82) is 0 Å². The van der Waals surface area contributed by atoms with Crippen molar-refractivity contribution in [3.63, 3.8) is 0 Å². The maximum Gasteiger partial charge on any atom is 0.387 e. The van der Waals surface area contributed by atoms with Gasteiger partial charge in [0.2, 0.25) is 0 Å². The second kappa shape index (κ2) is 7.02. The summed E-state index contributed by atoms with van der Waals surface area (Å²) >= 11 is 0. The molecule has 2 rings (SSSR count). The summed E-state index contributed by atoms with van der Waals surface area (Å²) in [6.45, 7) is 1.59. The summed E-state index contributed by atoms with van der Waals surface area (Å²) in [5.41, 5.74) is 0.987. The van der Waals surface area contributed by atoms with E-state index in [1.165, 1.54) is 25.7 Å². The van der Waals surface area contributed by atoms with Crippen LogP contribution in [0.25, 0.3) is 0 Å².